The Morgan fingerprint density at radius 3 is 1.93 bits per heavy atom. The Bertz CT molecular complexity index is 253. The van der Waals surface area contributed by atoms with Crippen LogP contribution in [0.15, 0.2) is 0 Å². The van der Waals surface area contributed by atoms with Gasteiger partial charge in [-0.1, -0.05) is 0 Å². The van der Waals surface area contributed by atoms with Gasteiger partial charge in [0, 0.05) is 0 Å². The van der Waals surface area contributed by atoms with Gasteiger partial charge in [-0.3, -0.25) is 0 Å². The van der Waals surface area contributed by atoms with Crippen molar-refractivity contribution in [2.24, 2.45) is 11.8 Å². The average Bonchev–Trinajstić information content (AvgIpc) is 1.98. The van der Waals surface area contributed by atoms with Gasteiger partial charge in [0.1, 0.15) is 0 Å². The van der Waals surface area contributed by atoms with Gasteiger partial charge in [0.2, 0.25) is 0 Å². The summed E-state index contributed by atoms with van der Waals surface area (Å²) in [7, 11) is 0. The van der Waals surface area contributed by atoms with E-state index in [0.717, 1.165) is 11.8 Å². The summed E-state index contributed by atoms with van der Waals surface area (Å²) in [5, 5.41) is 2.94. The van der Waals surface area contributed by atoms with Gasteiger partial charge < -0.3 is 0 Å². The molecule has 0 radical (unpaired) electrons. The van der Waals surface area contributed by atoms with Crippen molar-refractivity contribution in [3.8, 4) is 0 Å². The van der Waals surface area contributed by atoms with Crippen LogP contribution < -0.4 is 0 Å². The SMILES string of the molecule is BrC12CC3CC(C1)C[Se](Br)(C3)C2(Br)Br. The molecule has 5 heteroatoms. The van der Waals surface area contributed by atoms with Crippen molar-refractivity contribution in [3.05, 3.63) is 0 Å². The molecule has 4 fully saturated rings. The molecule has 0 aromatic heterocycles. The molecule has 0 N–H and O–H groups in total. The van der Waals surface area contributed by atoms with E-state index in [1.165, 1.54) is 29.9 Å². The molecular weight excluding hydrogens is 507 g/mol. The quantitative estimate of drug-likeness (QED) is 0.315. The molecule has 0 amide bonds. The molecule has 3 saturated heterocycles. The van der Waals surface area contributed by atoms with E-state index < -0.39 is 11.0 Å². The first-order valence-electron chi connectivity index (χ1n) is 4.91. The fraction of sp³-hybridized carbons (Fsp3) is 1.00. The van der Waals surface area contributed by atoms with E-state index in [2.05, 4.69) is 61.9 Å². The van der Waals surface area contributed by atoms with Gasteiger partial charge in [-0.15, -0.1) is 0 Å². The van der Waals surface area contributed by atoms with Crippen LogP contribution in [0.2, 0.25) is 10.6 Å². The molecule has 1 aliphatic carbocycles. The summed E-state index contributed by atoms with van der Waals surface area (Å²) in [5.74, 6) is 1.98. The van der Waals surface area contributed by atoms with E-state index in [9.17, 15) is 0 Å². The Kier molecular flexibility index (Phi) is 2.68. The minimum absolute atomic E-state index is 0.191. The predicted octanol–water partition coefficient (Wildman–Crippen LogP) is 4.93. The van der Waals surface area contributed by atoms with Gasteiger partial charge in [-0.2, -0.15) is 0 Å². The molecule has 0 aromatic rings. The molecule has 0 spiro atoms. The van der Waals surface area contributed by atoms with E-state index in [4.69, 9.17) is 0 Å². The Balaban J connectivity index is 2.10. The van der Waals surface area contributed by atoms with Crippen LogP contribution in [0.1, 0.15) is 19.3 Å². The van der Waals surface area contributed by atoms with Crippen LogP contribution in [0.3, 0.4) is 0 Å². The number of alkyl halides is 3. The first-order chi connectivity index (χ1) is 6.36. The third-order valence-corrected chi connectivity index (χ3v) is 31.5. The topological polar surface area (TPSA) is 0 Å². The molecule has 2 atom stereocenters. The van der Waals surface area contributed by atoms with Gasteiger partial charge >= 0.3 is 121 Å². The Morgan fingerprint density at radius 2 is 1.50 bits per heavy atom. The van der Waals surface area contributed by atoms with Crippen molar-refractivity contribution < 1.29 is 0 Å². The van der Waals surface area contributed by atoms with E-state index in [1.807, 2.05) is 0 Å². The van der Waals surface area contributed by atoms with Gasteiger partial charge in [0.25, 0.3) is 0 Å². The van der Waals surface area contributed by atoms with Gasteiger partial charge in [-0.05, 0) is 0 Å². The summed E-state index contributed by atoms with van der Waals surface area (Å²) in [4.78, 5) is 0. The standard InChI is InChI=1S/C9H12Br4Se/c10-8-2-6-1-7(3-8)5-14(13,4-6)9(8,11)12/h6-7H,1-5H2. The summed E-state index contributed by atoms with van der Waals surface area (Å²) in [5.41, 5.74) is 0. The second-order valence-corrected chi connectivity index (χ2v) is 24.7. The molecular formula is C9H12Br4Se. The Morgan fingerprint density at radius 1 is 1.00 bits per heavy atom. The number of halogens is 4. The molecule has 0 aromatic carbocycles. The maximum atomic E-state index is 4.15. The van der Waals surface area contributed by atoms with Crippen LogP contribution in [0.5, 0.6) is 0 Å². The third kappa shape index (κ3) is 1.32. The molecule has 82 valence electrons. The zero-order valence-electron chi connectivity index (χ0n) is 7.61. The summed E-state index contributed by atoms with van der Waals surface area (Å²) < 4.78 is 0.518. The first kappa shape index (κ1) is 11.5. The fourth-order valence-electron chi connectivity index (χ4n) is 3.48. The second kappa shape index (κ2) is 3.26. The molecule has 1 saturated carbocycles. The number of rotatable bonds is 0. The summed E-state index contributed by atoms with van der Waals surface area (Å²) in [6.07, 6.45) is 4.20. The predicted molar refractivity (Wildman–Crippen MR) is 77.4 cm³/mol. The van der Waals surface area contributed by atoms with Crippen molar-refractivity contribution in [1.29, 1.82) is 0 Å². The molecule has 14 heavy (non-hydrogen) atoms. The zero-order chi connectivity index (χ0) is 10.2. The Hall–Kier alpha value is 2.44. The van der Waals surface area contributed by atoms with Crippen molar-refractivity contribution in [1.82, 2.24) is 0 Å². The maximum absolute atomic E-state index is 4.15. The normalized spacial score (nSPS) is 63.7. The Labute approximate surface area is 120 Å². The van der Waals surface area contributed by atoms with Crippen molar-refractivity contribution in [2.75, 3.05) is 0 Å². The molecule has 4 bridgehead atoms. The van der Waals surface area contributed by atoms with Crippen LogP contribution in [-0.2, 0) is 0 Å². The number of hydrogen-bond acceptors (Lipinski definition) is 0. The molecule has 2 unspecified atom stereocenters. The van der Waals surface area contributed by atoms with Crippen LogP contribution in [-0.4, -0.2) is 17.5 Å². The monoisotopic (exact) mass is 516 g/mol. The molecule has 4 rings (SSSR count). The summed E-state index contributed by atoms with van der Waals surface area (Å²) in [6.45, 7) is 0. The molecule has 4 aliphatic rings. The van der Waals surface area contributed by atoms with Crippen LogP contribution >= 0.6 is 61.9 Å². The minimum atomic E-state index is -1.50. The van der Waals surface area contributed by atoms with Crippen molar-refractivity contribution in [3.63, 3.8) is 0 Å². The third-order valence-electron chi connectivity index (χ3n) is 3.87. The molecule has 3 heterocycles. The van der Waals surface area contributed by atoms with Gasteiger partial charge in [0.05, 0.1) is 0 Å². The second-order valence-electron chi connectivity index (χ2n) is 4.98. The summed E-state index contributed by atoms with van der Waals surface area (Å²) in [6, 6.07) is 0. The molecule has 3 aliphatic heterocycles. The fourth-order valence-corrected chi connectivity index (χ4v) is 23.1. The van der Waals surface area contributed by atoms with Crippen molar-refractivity contribution >= 4 is 72.9 Å². The number of hydrogen-bond donors (Lipinski definition) is 0. The van der Waals surface area contributed by atoms with Crippen LogP contribution in [0.25, 0.3) is 0 Å². The zero-order valence-corrected chi connectivity index (χ0v) is 15.7. The van der Waals surface area contributed by atoms with E-state index in [1.54, 1.807) is 0 Å². The summed E-state index contributed by atoms with van der Waals surface area (Å²) >= 11 is 14.7. The van der Waals surface area contributed by atoms with E-state index >= 15 is 0 Å². The van der Waals surface area contributed by atoms with Gasteiger partial charge in [0.15, 0.2) is 0 Å². The van der Waals surface area contributed by atoms with E-state index in [0.29, 0.717) is 4.32 Å². The first-order valence-corrected chi connectivity index (χ1v) is 14.6. The average molecular weight is 519 g/mol. The van der Waals surface area contributed by atoms with Crippen molar-refractivity contribution in [2.45, 2.75) is 36.4 Å². The van der Waals surface area contributed by atoms with Crippen LogP contribution in [0.4, 0.5) is 0 Å². The van der Waals surface area contributed by atoms with E-state index in [-0.39, 0.29) is 2.13 Å². The van der Waals surface area contributed by atoms with Gasteiger partial charge in [-0.25, -0.2) is 0 Å². The molecule has 0 nitrogen and oxygen atoms in total. The van der Waals surface area contributed by atoms with Crippen LogP contribution in [0, 0.1) is 11.8 Å².